The summed E-state index contributed by atoms with van der Waals surface area (Å²) in [6.07, 6.45) is 19.1. The third kappa shape index (κ3) is 14.9. The van der Waals surface area contributed by atoms with E-state index >= 15 is 0 Å². The zero-order valence-corrected chi connectivity index (χ0v) is 16.2. The molecule has 0 aliphatic carbocycles. The fourth-order valence-electron chi connectivity index (χ4n) is 2.82. The van der Waals surface area contributed by atoms with Gasteiger partial charge in [-0.05, 0) is 6.42 Å². The van der Waals surface area contributed by atoms with E-state index in [-0.39, 0.29) is 5.92 Å². The van der Waals surface area contributed by atoms with Crippen LogP contribution in [0.25, 0.3) is 0 Å². The molecule has 0 saturated carbocycles. The molecule has 0 bridgehead atoms. The molecular formula is C20H39OS. The lowest BCUT2D eigenvalue weighted by atomic mass is 10.0. The minimum Gasteiger partial charge on any atom is -0.287 e. The second kappa shape index (κ2) is 17.4. The van der Waals surface area contributed by atoms with E-state index in [0.29, 0.717) is 5.12 Å². The van der Waals surface area contributed by atoms with E-state index in [1.807, 2.05) is 12.7 Å². The van der Waals surface area contributed by atoms with Crippen molar-refractivity contribution in [2.75, 3.05) is 0 Å². The molecule has 0 aromatic rings. The van der Waals surface area contributed by atoms with E-state index < -0.39 is 0 Å². The van der Waals surface area contributed by atoms with E-state index in [1.165, 1.54) is 95.2 Å². The Morgan fingerprint density at radius 3 is 1.64 bits per heavy atom. The first-order chi connectivity index (χ1) is 10.7. The molecule has 0 aromatic carbocycles. The minimum absolute atomic E-state index is 0.230. The summed E-state index contributed by atoms with van der Waals surface area (Å²) >= 11 is 1.36. The molecule has 1 nitrogen and oxygen atoms in total. The average Bonchev–Trinajstić information content (AvgIpc) is 2.51. The van der Waals surface area contributed by atoms with Crippen LogP contribution >= 0.6 is 11.8 Å². The number of hydrogen-bond acceptors (Lipinski definition) is 2. The minimum atomic E-state index is 0.230. The standard InChI is InChI=1S/C20H39OS/c1-4-6-7-8-9-10-11-12-13-14-15-16-17-18-19(3)20(21)22-5-2/h5,19H,4,6-18H2,1-3H3. The summed E-state index contributed by atoms with van der Waals surface area (Å²) in [5, 5.41) is 0.335. The quantitative estimate of drug-likeness (QED) is 0.272. The highest BCUT2D eigenvalue weighted by atomic mass is 32.2. The van der Waals surface area contributed by atoms with Gasteiger partial charge >= 0.3 is 0 Å². The monoisotopic (exact) mass is 327 g/mol. The highest BCUT2D eigenvalue weighted by Gasteiger charge is 2.11. The molecule has 131 valence electrons. The van der Waals surface area contributed by atoms with Gasteiger partial charge in [-0.1, -0.05) is 116 Å². The smallest absolute Gasteiger partial charge is 0.192 e. The van der Waals surface area contributed by atoms with Crippen molar-refractivity contribution in [3.05, 3.63) is 5.75 Å². The van der Waals surface area contributed by atoms with Crippen molar-refractivity contribution in [3.8, 4) is 0 Å². The van der Waals surface area contributed by atoms with E-state index in [4.69, 9.17) is 0 Å². The molecule has 1 radical (unpaired) electrons. The highest BCUT2D eigenvalue weighted by molar-refractivity contribution is 8.15. The second-order valence-electron chi connectivity index (χ2n) is 6.60. The zero-order chi connectivity index (χ0) is 16.5. The maximum atomic E-state index is 11.6. The van der Waals surface area contributed by atoms with E-state index in [2.05, 4.69) is 13.8 Å². The lowest BCUT2D eigenvalue weighted by Gasteiger charge is -2.08. The normalized spacial score (nSPS) is 12.5. The van der Waals surface area contributed by atoms with Crippen molar-refractivity contribution in [2.24, 2.45) is 5.92 Å². The van der Waals surface area contributed by atoms with Crippen molar-refractivity contribution in [2.45, 2.75) is 111 Å². The summed E-state index contributed by atoms with van der Waals surface area (Å²) in [7, 11) is 0. The number of carbonyl (C=O) groups excluding carboxylic acids is 1. The number of thioether (sulfide) groups is 1. The van der Waals surface area contributed by atoms with Gasteiger partial charge in [-0.25, -0.2) is 0 Å². The van der Waals surface area contributed by atoms with Crippen LogP contribution in [0.5, 0.6) is 0 Å². The summed E-state index contributed by atoms with van der Waals surface area (Å²) in [6.45, 7) is 6.28. The predicted molar refractivity (Wildman–Crippen MR) is 102 cm³/mol. The average molecular weight is 328 g/mol. The molecule has 0 aliphatic rings. The van der Waals surface area contributed by atoms with Gasteiger partial charge in [-0.15, -0.1) is 0 Å². The maximum Gasteiger partial charge on any atom is 0.192 e. The second-order valence-corrected chi connectivity index (χ2v) is 7.71. The van der Waals surface area contributed by atoms with E-state index in [9.17, 15) is 4.79 Å². The Bertz CT molecular complexity index is 240. The van der Waals surface area contributed by atoms with Crippen LogP contribution in [0.4, 0.5) is 0 Å². The molecule has 0 spiro atoms. The molecule has 1 unspecified atom stereocenters. The van der Waals surface area contributed by atoms with Crippen LogP contribution in [0.15, 0.2) is 0 Å². The topological polar surface area (TPSA) is 17.1 Å². The number of hydrogen-bond donors (Lipinski definition) is 0. The third-order valence-corrected chi connectivity index (χ3v) is 5.25. The van der Waals surface area contributed by atoms with Gasteiger partial charge in [0.2, 0.25) is 0 Å². The van der Waals surface area contributed by atoms with E-state index in [0.717, 1.165) is 6.42 Å². The molecule has 0 fully saturated rings. The number of carbonyl (C=O) groups is 1. The Hall–Kier alpha value is 0.0200. The van der Waals surface area contributed by atoms with Crippen LogP contribution < -0.4 is 0 Å². The lowest BCUT2D eigenvalue weighted by molar-refractivity contribution is -0.114. The number of unbranched alkanes of at least 4 members (excludes halogenated alkanes) is 12. The van der Waals surface area contributed by atoms with Crippen LogP contribution in [-0.2, 0) is 4.79 Å². The third-order valence-electron chi connectivity index (χ3n) is 4.38. The van der Waals surface area contributed by atoms with Gasteiger partial charge < -0.3 is 0 Å². The van der Waals surface area contributed by atoms with Gasteiger partial charge in [0, 0.05) is 11.7 Å². The molecular weight excluding hydrogens is 288 g/mol. The molecule has 0 aliphatic heterocycles. The van der Waals surface area contributed by atoms with E-state index in [1.54, 1.807) is 0 Å². The predicted octanol–water partition coefficient (Wildman–Crippen LogP) is 7.55. The molecule has 1 atom stereocenters. The van der Waals surface area contributed by atoms with Gasteiger partial charge in [-0.2, -0.15) is 0 Å². The molecule has 0 N–H and O–H groups in total. The molecule has 0 amide bonds. The van der Waals surface area contributed by atoms with Gasteiger partial charge in [0.1, 0.15) is 0 Å². The first kappa shape index (κ1) is 22.0. The zero-order valence-electron chi connectivity index (χ0n) is 15.4. The first-order valence-corrected chi connectivity index (χ1v) is 10.6. The number of rotatable bonds is 16. The highest BCUT2D eigenvalue weighted by Crippen LogP contribution is 2.19. The SMILES string of the molecule is C[CH]SC(=O)C(C)CCCCCCCCCCCCCCC. The van der Waals surface area contributed by atoms with Crippen LogP contribution in [0.3, 0.4) is 0 Å². The van der Waals surface area contributed by atoms with Crippen LogP contribution in [-0.4, -0.2) is 5.12 Å². The fourth-order valence-corrected chi connectivity index (χ4v) is 3.40. The van der Waals surface area contributed by atoms with Crippen molar-refractivity contribution in [1.29, 1.82) is 0 Å². The summed E-state index contributed by atoms with van der Waals surface area (Å²) in [5.41, 5.74) is 0. The molecule has 0 aromatic heterocycles. The van der Waals surface area contributed by atoms with Crippen LogP contribution in [0.1, 0.15) is 111 Å². The summed E-state index contributed by atoms with van der Waals surface area (Å²) in [5.74, 6) is 2.12. The maximum absolute atomic E-state index is 11.6. The Kier molecular flexibility index (Phi) is 17.4. The molecule has 0 heterocycles. The lowest BCUT2D eigenvalue weighted by Crippen LogP contribution is -2.06. The van der Waals surface area contributed by atoms with Crippen molar-refractivity contribution >= 4 is 16.9 Å². The Balaban J connectivity index is 3.15. The summed E-state index contributed by atoms with van der Waals surface area (Å²) < 4.78 is 0. The summed E-state index contributed by atoms with van der Waals surface area (Å²) in [4.78, 5) is 11.6. The van der Waals surface area contributed by atoms with Crippen LogP contribution in [0.2, 0.25) is 0 Å². The van der Waals surface area contributed by atoms with Crippen molar-refractivity contribution in [3.63, 3.8) is 0 Å². The Morgan fingerprint density at radius 2 is 1.23 bits per heavy atom. The Labute approximate surface area is 144 Å². The van der Waals surface area contributed by atoms with Crippen LogP contribution in [0, 0.1) is 11.7 Å². The molecule has 2 heteroatoms. The Morgan fingerprint density at radius 1 is 0.818 bits per heavy atom. The largest absolute Gasteiger partial charge is 0.287 e. The molecule has 0 saturated heterocycles. The summed E-state index contributed by atoms with van der Waals surface area (Å²) in [6, 6.07) is 0. The van der Waals surface area contributed by atoms with Gasteiger partial charge in [0.25, 0.3) is 0 Å². The van der Waals surface area contributed by atoms with Gasteiger partial charge in [0.05, 0.1) is 0 Å². The molecule has 22 heavy (non-hydrogen) atoms. The fraction of sp³-hybridized carbons (Fsp3) is 0.900. The first-order valence-electron chi connectivity index (χ1n) is 9.70. The van der Waals surface area contributed by atoms with Crippen molar-refractivity contribution < 1.29 is 4.79 Å². The van der Waals surface area contributed by atoms with Crippen molar-refractivity contribution in [1.82, 2.24) is 0 Å². The molecule has 0 rings (SSSR count). The van der Waals surface area contributed by atoms with Gasteiger partial charge in [-0.3, -0.25) is 4.79 Å². The van der Waals surface area contributed by atoms with Gasteiger partial charge in [0.15, 0.2) is 5.12 Å².